The van der Waals surface area contributed by atoms with E-state index >= 15 is 0 Å². The van der Waals surface area contributed by atoms with Gasteiger partial charge in [-0.15, -0.1) is 0 Å². The largest absolute Gasteiger partial charge is 0.385 e. The summed E-state index contributed by atoms with van der Waals surface area (Å²) in [5.74, 6) is 0.860. The van der Waals surface area contributed by atoms with Crippen molar-refractivity contribution in [3.05, 3.63) is 34.9 Å². The third kappa shape index (κ3) is 8.58. The Morgan fingerprint density at radius 2 is 1.90 bits per heavy atom. The van der Waals surface area contributed by atoms with Crippen molar-refractivity contribution in [1.29, 1.82) is 0 Å². The molecule has 0 aliphatic heterocycles. The van der Waals surface area contributed by atoms with E-state index in [0.717, 1.165) is 55.5 Å². The molecule has 0 unspecified atom stereocenters. The summed E-state index contributed by atoms with van der Waals surface area (Å²) < 4.78 is 5.04. The molecule has 21 heavy (non-hydrogen) atoms. The molecule has 0 bridgehead atoms. The van der Waals surface area contributed by atoms with E-state index in [1.54, 1.807) is 7.11 Å². The van der Waals surface area contributed by atoms with Gasteiger partial charge in [-0.2, -0.15) is 0 Å². The molecular weight excluding hydrogens is 286 g/mol. The first-order valence-corrected chi connectivity index (χ1v) is 7.89. The fourth-order valence-electron chi connectivity index (χ4n) is 1.86. The lowest BCUT2D eigenvalue weighted by molar-refractivity contribution is 0.192. The average molecular weight is 312 g/mol. The monoisotopic (exact) mass is 311 g/mol. The van der Waals surface area contributed by atoms with Gasteiger partial charge in [-0.05, 0) is 43.9 Å². The number of nitrogens with zero attached hydrogens (tertiary/aromatic N) is 1. The van der Waals surface area contributed by atoms with Crippen LogP contribution in [0.1, 0.15) is 31.7 Å². The molecule has 0 amide bonds. The van der Waals surface area contributed by atoms with Crippen LogP contribution in [0.2, 0.25) is 5.02 Å². The van der Waals surface area contributed by atoms with E-state index < -0.39 is 0 Å². The molecule has 2 N–H and O–H groups in total. The Kier molecular flexibility index (Phi) is 9.66. The molecule has 0 radical (unpaired) electrons. The molecule has 0 fully saturated rings. The molecule has 0 heterocycles. The second-order valence-corrected chi connectivity index (χ2v) is 5.24. The van der Waals surface area contributed by atoms with Crippen molar-refractivity contribution in [1.82, 2.24) is 10.6 Å². The van der Waals surface area contributed by atoms with Crippen LogP contribution < -0.4 is 10.6 Å². The van der Waals surface area contributed by atoms with Crippen LogP contribution >= 0.6 is 11.6 Å². The van der Waals surface area contributed by atoms with Gasteiger partial charge >= 0.3 is 0 Å². The molecule has 4 nitrogen and oxygen atoms in total. The number of ether oxygens (including phenoxy) is 1. The SMILES string of the molecule is CCNC(=NCc1ccc(Cl)cc1)NCCCCCOC. The maximum Gasteiger partial charge on any atom is 0.191 e. The molecule has 5 heteroatoms. The van der Waals surface area contributed by atoms with Crippen LogP contribution in [0.5, 0.6) is 0 Å². The number of nitrogens with one attached hydrogen (secondary N) is 2. The van der Waals surface area contributed by atoms with Gasteiger partial charge in [0.1, 0.15) is 0 Å². The summed E-state index contributed by atoms with van der Waals surface area (Å²) in [5, 5.41) is 7.36. The van der Waals surface area contributed by atoms with Gasteiger partial charge in [-0.25, -0.2) is 4.99 Å². The zero-order valence-corrected chi connectivity index (χ0v) is 13.7. The predicted molar refractivity (Wildman–Crippen MR) is 90.0 cm³/mol. The van der Waals surface area contributed by atoms with E-state index in [1.165, 1.54) is 0 Å². The minimum absolute atomic E-state index is 0.649. The Bertz CT molecular complexity index is 406. The molecule has 0 aliphatic rings. The number of unbranched alkanes of at least 4 members (excludes halogenated alkanes) is 2. The molecule has 1 aromatic rings. The van der Waals surface area contributed by atoms with E-state index in [4.69, 9.17) is 16.3 Å². The van der Waals surface area contributed by atoms with Crippen LogP contribution in [0.15, 0.2) is 29.3 Å². The summed E-state index contributed by atoms with van der Waals surface area (Å²) in [6, 6.07) is 7.78. The number of guanidine groups is 1. The van der Waals surface area contributed by atoms with Gasteiger partial charge in [0.05, 0.1) is 6.54 Å². The first-order valence-electron chi connectivity index (χ1n) is 7.51. The minimum Gasteiger partial charge on any atom is -0.385 e. The van der Waals surface area contributed by atoms with E-state index in [-0.39, 0.29) is 0 Å². The standard InChI is InChI=1S/C16H26ClN3O/c1-3-18-16(19-11-5-4-6-12-21-2)20-13-14-7-9-15(17)10-8-14/h7-10H,3-6,11-13H2,1-2H3,(H2,18,19,20). The summed E-state index contributed by atoms with van der Waals surface area (Å²) >= 11 is 5.88. The second-order valence-electron chi connectivity index (χ2n) is 4.80. The van der Waals surface area contributed by atoms with Gasteiger partial charge in [-0.3, -0.25) is 0 Å². The number of halogens is 1. The highest BCUT2D eigenvalue weighted by atomic mass is 35.5. The maximum atomic E-state index is 5.88. The molecule has 0 aromatic heterocycles. The van der Waals surface area contributed by atoms with Crippen LogP contribution in [-0.4, -0.2) is 32.8 Å². The Morgan fingerprint density at radius 1 is 1.14 bits per heavy atom. The fraction of sp³-hybridized carbons (Fsp3) is 0.562. The molecule has 0 atom stereocenters. The number of aliphatic imine (C=N–C) groups is 1. The van der Waals surface area contributed by atoms with Crippen LogP contribution in [0.3, 0.4) is 0 Å². The molecule has 0 saturated carbocycles. The summed E-state index contributed by atoms with van der Waals surface area (Å²) in [6.07, 6.45) is 3.39. The Balaban J connectivity index is 2.33. The maximum absolute atomic E-state index is 5.88. The topological polar surface area (TPSA) is 45.7 Å². The zero-order chi connectivity index (χ0) is 15.3. The number of hydrogen-bond acceptors (Lipinski definition) is 2. The second kappa shape index (κ2) is 11.4. The normalized spacial score (nSPS) is 11.5. The highest BCUT2D eigenvalue weighted by Crippen LogP contribution is 2.10. The number of methoxy groups -OCH3 is 1. The van der Waals surface area contributed by atoms with E-state index in [1.807, 2.05) is 24.3 Å². The number of rotatable bonds is 9. The molecule has 118 valence electrons. The number of hydrogen-bond donors (Lipinski definition) is 2. The van der Waals surface area contributed by atoms with Gasteiger partial charge in [-0.1, -0.05) is 23.7 Å². The fourth-order valence-corrected chi connectivity index (χ4v) is 1.98. The van der Waals surface area contributed by atoms with Crippen molar-refractivity contribution < 1.29 is 4.74 Å². The molecule has 1 rings (SSSR count). The van der Waals surface area contributed by atoms with Gasteiger partial charge in [0, 0.05) is 31.8 Å². The third-order valence-corrected chi connectivity index (χ3v) is 3.25. The van der Waals surface area contributed by atoms with Crippen LogP contribution in [0.25, 0.3) is 0 Å². The Labute approximate surface area is 132 Å². The van der Waals surface area contributed by atoms with Crippen LogP contribution in [0.4, 0.5) is 0 Å². The van der Waals surface area contributed by atoms with Crippen molar-refractivity contribution in [3.63, 3.8) is 0 Å². The predicted octanol–water partition coefficient (Wildman–Crippen LogP) is 3.21. The van der Waals surface area contributed by atoms with Crippen LogP contribution in [0, 0.1) is 0 Å². The summed E-state index contributed by atoms with van der Waals surface area (Å²) in [5.41, 5.74) is 1.15. The highest BCUT2D eigenvalue weighted by Gasteiger charge is 1.98. The van der Waals surface area contributed by atoms with Crippen molar-refractivity contribution in [2.75, 3.05) is 26.8 Å². The lowest BCUT2D eigenvalue weighted by Gasteiger charge is -2.11. The van der Waals surface area contributed by atoms with Gasteiger partial charge < -0.3 is 15.4 Å². The molecule has 0 spiro atoms. The summed E-state index contributed by atoms with van der Waals surface area (Å²) in [7, 11) is 1.74. The first-order chi connectivity index (χ1) is 10.3. The van der Waals surface area contributed by atoms with Crippen molar-refractivity contribution in [2.24, 2.45) is 4.99 Å². The third-order valence-electron chi connectivity index (χ3n) is 2.99. The quantitative estimate of drug-likeness (QED) is 0.418. The summed E-state index contributed by atoms with van der Waals surface area (Å²) in [6.45, 7) is 5.34. The first kappa shape index (κ1) is 17.8. The van der Waals surface area contributed by atoms with Crippen molar-refractivity contribution >= 4 is 17.6 Å². The lowest BCUT2D eigenvalue weighted by Crippen LogP contribution is -2.37. The minimum atomic E-state index is 0.649. The van der Waals surface area contributed by atoms with Crippen molar-refractivity contribution in [2.45, 2.75) is 32.7 Å². The number of benzene rings is 1. The highest BCUT2D eigenvalue weighted by molar-refractivity contribution is 6.30. The van der Waals surface area contributed by atoms with E-state index in [0.29, 0.717) is 6.54 Å². The van der Waals surface area contributed by atoms with E-state index in [2.05, 4.69) is 22.5 Å². The van der Waals surface area contributed by atoms with E-state index in [9.17, 15) is 0 Å². The zero-order valence-electron chi connectivity index (χ0n) is 13.0. The lowest BCUT2D eigenvalue weighted by atomic mass is 10.2. The smallest absolute Gasteiger partial charge is 0.191 e. The van der Waals surface area contributed by atoms with Gasteiger partial charge in [0.25, 0.3) is 0 Å². The Morgan fingerprint density at radius 3 is 2.57 bits per heavy atom. The molecular formula is C16H26ClN3O. The van der Waals surface area contributed by atoms with Gasteiger partial charge in [0.2, 0.25) is 0 Å². The molecule has 1 aromatic carbocycles. The van der Waals surface area contributed by atoms with Gasteiger partial charge in [0.15, 0.2) is 5.96 Å². The summed E-state index contributed by atoms with van der Waals surface area (Å²) in [4.78, 5) is 4.57. The average Bonchev–Trinajstić information content (AvgIpc) is 2.49. The molecule has 0 aliphatic carbocycles. The molecule has 0 saturated heterocycles. The Hall–Kier alpha value is -1.26. The van der Waals surface area contributed by atoms with Crippen molar-refractivity contribution in [3.8, 4) is 0 Å². The van der Waals surface area contributed by atoms with Crippen LogP contribution in [-0.2, 0) is 11.3 Å².